The van der Waals surface area contributed by atoms with Gasteiger partial charge in [-0.15, -0.1) is 0 Å². The van der Waals surface area contributed by atoms with Crippen LogP contribution < -0.4 is 0 Å². The highest BCUT2D eigenvalue weighted by Crippen LogP contribution is 2.11. The van der Waals surface area contributed by atoms with Crippen molar-refractivity contribution in [1.29, 1.82) is 0 Å². The molecular weight excluding hydrogens is 230 g/mol. The molecule has 1 fully saturated rings. The van der Waals surface area contributed by atoms with Crippen molar-refractivity contribution in [1.82, 2.24) is 4.90 Å². The van der Waals surface area contributed by atoms with Crippen LogP contribution in [0, 0.1) is 5.92 Å². The van der Waals surface area contributed by atoms with Crippen molar-refractivity contribution in [2.24, 2.45) is 5.92 Å². The van der Waals surface area contributed by atoms with E-state index < -0.39 is 9.84 Å². The van der Waals surface area contributed by atoms with Crippen molar-refractivity contribution in [3.05, 3.63) is 0 Å². The third kappa shape index (κ3) is 4.74. The summed E-state index contributed by atoms with van der Waals surface area (Å²) < 4.78 is 22.8. The molecule has 0 amide bonds. The molecule has 1 saturated heterocycles. The predicted molar refractivity (Wildman–Crippen MR) is 67.3 cm³/mol. The minimum atomic E-state index is -2.76. The lowest BCUT2D eigenvalue weighted by Crippen LogP contribution is -2.32. The van der Waals surface area contributed by atoms with Crippen LogP contribution >= 0.6 is 12.6 Å². The minimum Gasteiger partial charge on any atom is -0.302 e. The lowest BCUT2D eigenvalue weighted by molar-refractivity contribution is 0.254. The molecule has 0 saturated carbocycles. The first kappa shape index (κ1) is 13.3. The zero-order chi connectivity index (χ0) is 11.3. The summed E-state index contributed by atoms with van der Waals surface area (Å²) in [7, 11) is -2.76. The normalized spacial score (nSPS) is 24.7. The van der Waals surface area contributed by atoms with Gasteiger partial charge in [-0.1, -0.05) is 13.3 Å². The summed E-state index contributed by atoms with van der Waals surface area (Å²) in [5.41, 5.74) is 0. The molecule has 1 aliphatic rings. The van der Waals surface area contributed by atoms with Crippen molar-refractivity contribution >= 4 is 22.5 Å². The third-order valence-corrected chi connectivity index (χ3v) is 5.23. The second-order valence-corrected chi connectivity index (χ2v) is 6.93. The first-order valence-corrected chi connectivity index (χ1v) is 8.06. The number of nitrogens with zero attached hydrogens (tertiary/aromatic N) is 1. The SMILES string of the molecule is CCC(CS)CN1CCCS(=O)(=O)CC1. The first-order valence-electron chi connectivity index (χ1n) is 5.61. The Bertz CT molecular complexity index is 273. The lowest BCUT2D eigenvalue weighted by atomic mass is 10.1. The lowest BCUT2D eigenvalue weighted by Gasteiger charge is -2.23. The van der Waals surface area contributed by atoms with Gasteiger partial charge in [-0.3, -0.25) is 0 Å². The molecule has 0 aromatic carbocycles. The molecule has 1 rings (SSSR count). The van der Waals surface area contributed by atoms with Gasteiger partial charge in [0.2, 0.25) is 0 Å². The Morgan fingerprint density at radius 3 is 2.67 bits per heavy atom. The van der Waals surface area contributed by atoms with Crippen molar-refractivity contribution in [2.45, 2.75) is 19.8 Å². The van der Waals surface area contributed by atoms with Gasteiger partial charge in [-0.05, 0) is 24.6 Å². The van der Waals surface area contributed by atoms with Crippen molar-refractivity contribution in [2.75, 3.05) is 36.9 Å². The molecule has 0 aliphatic carbocycles. The van der Waals surface area contributed by atoms with E-state index in [-0.39, 0.29) is 0 Å². The highest BCUT2D eigenvalue weighted by molar-refractivity contribution is 7.91. The van der Waals surface area contributed by atoms with Gasteiger partial charge in [0, 0.05) is 13.1 Å². The van der Waals surface area contributed by atoms with E-state index >= 15 is 0 Å². The molecule has 0 aromatic rings. The minimum absolute atomic E-state index is 0.329. The number of hydrogen-bond acceptors (Lipinski definition) is 4. The van der Waals surface area contributed by atoms with E-state index in [1.54, 1.807) is 0 Å². The van der Waals surface area contributed by atoms with Crippen molar-refractivity contribution < 1.29 is 8.42 Å². The molecular formula is C10H21NO2S2. The van der Waals surface area contributed by atoms with E-state index in [0.29, 0.717) is 24.0 Å². The predicted octanol–water partition coefficient (Wildman–Crippen LogP) is 1.06. The van der Waals surface area contributed by atoms with Crippen LogP contribution in [0.25, 0.3) is 0 Å². The summed E-state index contributed by atoms with van der Waals surface area (Å²) in [6.07, 6.45) is 1.90. The second-order valence-electron chi connectivity index (χ2n) is 4.26. The molecule has 1 heterocycles. The van der Waals surface area contributed by atoms with Crippen LogP contribution in [0.15, 0.2) is 0 Å². The number of sulfone groups is 1. The Balaban J connectivity index is 2.44. The summed E-state index contributed by atoms with van der Waals surface area (Å²) >= 11 is 4.31. The van der Waals surface area contributed by atoms with Crippen molar-refractivity contribution in [3.63, 3.8) is 0 Å². The monoisotopic (exact) mass is 251 g/mol. The molecule has 1 unspecified atom stereocenters. The summed E-state index contributed by atoms with van der Waals surface area (Å²) in [6.45, 7) is 4.78. The fourth-order valence-electron chi connectivity index (χ4n) is 1.85. The number of thiol groups is 1. The molecule has 0 bridgehead atoms. The number of rotatable bonds is 4. The molecule has 0 radical (unpaired) electrons. The maximum atomic E-state index is 11.4. The van der Waals surface area contributed by atoms with E-state index in [9.17, 15) is 8.42 Å². The summed E-state index contributed by atoms with van der Waals surface area (Å²) in [5, 5.41) is 0. The van der Waals surface area contributed by atoms with E-state index in [4.69, 9.17) is 0 Å². The van der Waals surface area contributed by atoms with Crippen LogP contribution in [0.5, 0.6) is 0 Å². The second kappa shape index (κ2) is 6.11. The van der Waals surface area contributed by atoms with E-state index in [0.717, 1.165) is 31.7 Å². The van der Waals surface area contributed by atoms with Gasteiger partial charge >= 0.3 is 0 Å². The van der Waals surface area contributed by atoms with Gasteiger partial charge in [-0.25, -0.2) is 8.42 Å². The highest BCUT2D eigenvalue weighted by Gasteiger charge is 2.20. The van der Waals surface area contributed by atoms with Gasteiger partial charge in [0.25, 0.3) is 0 Å². The van der Waals surface area contributed by atoms with Crippen LogP contribution in [-0.2, 0) is 9.84 Å². The van der Waals surface area contributed by atoms with Gasteiger partial charge in [0.05, 0.1) is 11.5 Å². The van der Waals surface area contributed by atoms with Gasteiger partial charge in [0.15, 0.2) is 9.84 Å². The number of hydrogen-bond donors (Lipinski definition) is 1. The zero-order valence-electron chi connectivity index (χ0n) is 9.35. The molecule has 0 N–H and O–H groups in total. The average Bonchev–Trinajstić information content (AvgIpc) is 2.36. The zero-order valence-corrected chi connectivity index (χ0v) is 11.1. The van der Waals surface area contributed by atoms with Crippen LogP contribution in [0.3, 0.4) is 0 Å². The topological polar surface area (TPSA) is 37.4 Å². The Morgan fingerprint density at radius 2 is 2.07 bits per heavy atom. The molecule has 5 heteroatoms. The van der Waals surface area contributed by atoms with Gasteiger partial charge in [0.1, 0.15) is 0 Å². The highest BCUT2D eigenvalue weighted by atomic mass is 32.2. The summed E-state index contributed by atoms with van der Waals surface area (Å²) in [5.74, 6) is 2.17. The molecule has 1 atom stereocenters. The molecule has 1 aliphatic heterocycles. The Morgan fingerprint density at radius 1 is 1.33 bits per heavy atom. The fraction of sp³-hybridized carbons (Fsp3) is 1.00. The first-order chi connectivity index (χ1) is 7.07. The van der Waals surface area contributed by atoms with E-state index in [1.165, 1.54) is 0 Å². The molecule has 90 valence electrons. The van der Waals surface area contributed by atoms with Crippen molar-refractivity contribution in [3.8, 4) is 0 Å². The van der Waals surface area contributed by atoms with Crippen LogP contribution in [0.2, 0.25) is 0 Å². The van der Waals surface area contributed by atoms with Crippen LogP contribution in [0.1, 0.15) is 19.8 Å². The smallest absolute Gasteiger partial charge is 0.151 e. The van der Waals surface area contributed by atoms with Crippen LogP contribution in [-0.4, -0.2) is 50.2 Å². The molecule has 0 spiro atoms. The fourth-order valence-corrected chi connectivity index (χ4v) is 3.54. The molecule has 0 aromatic heterocycles. The average molecular weight is 251 g/mol. The maximum absolute atomic E-state index is 11.4. The summed E-state index contributed by atoms with van der Waals surface area (Å²) in [6, 6.07) is 0. The van der Waals surface area contributed by atoms with Gasteiger partial charge < -0.3 is 4.90 Å². The maximum Gasteiger partial charge on any atom is 0.151 e. The standard InChI is InChI=1S/C10H21NO2S2/c1-2-10(9-14)8-11-4-3-6-15(12,13)7-5-11/h10,14H,2-9H2,1H3. The molecule has 3 nitrogen and oxygen atoms in total. The van der Waals surface area contributed by atoms with E-state index in [1.807, 2.05) is 0 Å². The third-order valence-electron chi connectivity index (χ3n) is 3.00. The Kier molecular flexibility index (Phi) is 5.43. The molecule has 15 heavy (non-hydrogen) atoms. The van der Waals surface area contributed by atoms with Gasteiger partial charge in [-0.2, -0.15) is 12.6 Å². The Hall–Kier alpha value is 0.260. The van der Waals surface area contributed by atoms with E-state index in [2.05, 4.69) is 24.5 Å². The Labute approximate surface area is 98.6 Å². The van der Waals surface area contributed by atoms with Crippen LogP contribution in [0.4, 0.5) is 0 Å². The quantitative estimate of drug-likeness (QED) is 0.759. The largest absolute Gasteiger partial charge is 0.302 e. The summed E-state index contributed by atoms with van der Waals surface area (Å²) in [4.78, 5) is 2.27.